The maximum atomic E-state index is 5.26. The average molecular weight is 212 g/mol. The molecule has 0 aliphatic carbocycles. The number of nitrogens with zero attached hydrogens (tertiary/aromatic N) is 1. The van der Waals surface area contributed by atoms with E-state index >= 15 is 0 Å². The molecule has 0 aromatic carbocycles. The molecule has 1 rings (SSSR count). The van der Waals surface area contributed by atoms with Crippen molar-refractivity contribution in [1.29, 1.82) is 0 Å². The summed E-state index contributed by atoms with van der Waals surface area (Å²) < 4.78 is 10.2. The number of aromatic nitrogens is 1. The van der Waals surface area contributed by atoms with Crippen LogP contribution in [0.25, 0.3) is 0 Å². The monoisotopic (exact) mass is 212 g/mol. The topological polar surface area (TPSA) is 47.3 Å². The lowest BCUT2D eigenvalue weighted by Crippen LogP contribution is -2.21. The highest BCUT2D eigenvalue weighted by molar-refractivity contribution is 5.20. The first-order valence-electron chi connectivity index (χ1n) is 5.19. The van der Waals surface area contributed by atoms with E-state index in [1.165, 1.54) is 0 Å². The molecule has 0 saturated carbocycles. The Hall–Kier alpha value is -0.870. The summed E-state index contributed by atoms with van der Waals surface area (Å²) in [4.78, 5) is 0. The molecular weight excluding hydrogens is 192 g/mol. The molecule has 0 saturated heterocycles. The van der Waals surface area contributed by atoms with Crippen molar-refractivity contribution in [2.24, 2.45) is 0 Å². The van der Waals surface area contributed by atoms with E-state index in [9.17, 15) is 0 Å². The smallest absolute Gasteiger partial charge is 0.146 e. The van der Waals surface area contributed by atoms with E-state index in [1.54, 1.807) is 13.3 Å². The fourth-order valence-corrected chi connectivity index (χ4v) is 1.40. The van der Waals surface area contributed by atoms with E-state index in [0.717, 1.165) is 31.0 Å². The van der Waals surface area contributed by atoms with Gasteiger partial charge in [-0.2, -0.15) is 0 Å². The van der Waals surface area contributed by atoms with Crippen LogP contribution in [0.1, 0.15) is 32.1 Å². The van der Waals surface area contributed by atoms with E-state index in [4.69, 9.17) is 9.26 Å². The van der Waals surface area contributed by atoms with Crippen LogP contribution in [0.15, 0.2) is 10.7 Å². The Kier molecular flexibility index (Phi) is 4.29. The van der Waals surface area contributed by atoms with Crippen molar-refractivity contribution in [3.8, 4) is 0 Å². The van der Waals surface area contributed by atoms with Crippen molar-refractivity contribution >= 4 is 0 Å². The number of hydrogen-bond acceptors (Lipinski definition) is 4. The highest BCUT2D eigenvalue weighted by atomic mass is 16.5. The normalized spacial score (nSPS) is 12.0. The zero-order chi connectivity index (χ0) is 11.3. The molecule has 1 heterocycles. The average Bonchev–Trinajstić information content (AvgIpc) is 2.59. The third kappa shape index (κ3) is 3.64. The summed E-state index contributed by atoms with van der Waals surface area (Å²) in [5, 5.41) is 7.12. The molecule has 86 valence electrons. The maximum absolute atomic E-state index is 5.26. The molecule has 4 heteroatoms. The van der Waals surface area contributed by atoms with E-state index in [2.05, 4.69) is 31.2 Å². The van der Waals surface area contributed by atoms with E-state index < -0.39 is 0 Å². The molecule has 0 spiro atoms. The summed E-state index contributed by atoms with van der Waals surface area (Å²) in [5.41, 5.74) is 1.13. The quantitative estimate of drug-likeness (QED) is 0.755. The van der Waals surface area contributed by atoms with Crippen LogP contribution in [0.4, 0.5) is 0 Å². The summed E-state index contributed by atoms with van der Waals surface area (Å²) in [6.07, 6.45) is 1.78. The molecule has 1 N–H and O–H groups in total. The lowest BCUT2D eigenvalue weighted by atomic mass is 9.90. The molecule has 0 unspecified atom stereocenters. The van der Waals surface area contributed by atoms with Crippen LogP contribution in [-0.2, 0) is 16.7 Å². The largest absolute Gasteiger partial charge is 0.383 e. The standard InChI is InChI=1S/C11H20N2O2/c1-11(2,3)10-9(8-13-15-10)7-12-5-6-14-4/h8,12H,5-7H2,1-4H3. The first kappa shape index (κ1) is 12.2. The number of ether oxygens (including phenoxy) is 1. The van der Waals surface area contributed by atoms with Crippen molar-refractivity contribution in [3.05, 3.63) is 17.5 Å². The summed E-state index contributed by atoms with van der Waals surface area (Å²) in [6.45, 7) is 8.69. The fraction of sp³-hybridized carbons (Fsp3) is 0.727. The van der Waals surface area contributed by atoms with Crippen molar-refractivity contribution in [2.75, 3.05) is 20.3 Å². The molecule has 0 atom stereocenters. The van der Waals surface area contributed by atoms with Gasteiger partial charge in [0.15, 0.2) is 0 Å². The van der Waals surface area contributed by atoms with Crippen LogP contribution in [0.3, 0.4) is 0 Å². The highest BCUT2D eigenvalue weighted by Crippen LogP contribution is 2.25. The maximum Gasteiger partial charge on any atom is 0.146 e. The Morgan fingerprint density at radius 3 is 2.80 bits per heavy atom. The second-order valence-electron chi connectivity index (χ2n) is 4.60. The van der Waals surface area contributed by atoms with Crippen molar-refractivity contribution in [3.63, 3.8) is 0 Å². The summed E-state index contributed by atoms with van der Waals surface area (Å²) in [7, 11) is 1.70. The summed E-state index contributed by atoms with van der Waals surface area (Å²) in [6, 6.07) is 0. The Labute approximate surface area is 91.0 Å². The fourth-order valence-electron chi connectivity index (χ4n) is 1.40. The SMILES string of the molecule is COCCNCc1cnoc1C(C)(C)C. The molecule has 0 radical (unpaired) electrons. The summed E-state index contributed by atoms with van der Waals surface area (Å²) in [5.74, 6) is 0.951. The van der Waals surface area contributed by atoms with E-state index in [1.807, 2.05) is 0 Å². The minimum atomic E-state index is 0.00870. The molecule has 4 nitrogen and oxygen atoms in total. The third-order valence-corrected chi connectivity index (χ3v) is 2.12. The zero-order valence-corrected chi connectivity index (χ0v) is 9.96. The van der Waals surface area contributed by atoms with Crippen LogP contribution >= 0.6 is 0 Å². The Morgan fingerprint density at radius 1 is 1.47 bits per heavy atom. The molecule has 0 amide bonds. The minimum Gasteiger partial charge on any atom is -0.383 e. The molecule has 0 aliphatic heterocycles. The highest BCUT2D eigenvalue weighted by Gasteiger charge is 2.22. The van der Waals surface area contributed by atoms with Gasteiger partial charge in [-0.05, 0) is 0 Å². The number of nitrogens with one attached hydrogen (secondary N) is 1. The van der Waals surface area contributed by atoms with E-state index in [-0.39, 0.29) is 5.41 Å². The zero-order valence-electron chi connectivity index (χ0n) is 9.96. The first-order chi connectivity index (χ1) is 7.05. The molecule has 1 aromatic heterocycles. The number of rotatable bonds is 5. The van der Waals surface area contributed by atoms with Gasteiger partial charge in [0.2, 0.25) is 0 Å². The van der Waals surface area contributed by atoms with Gasteiger partial charge in [-0.3, -0.25) is 0 Å². The lowest BCUT2D eigenvalue weighted by Gasteiger charge is -2.16. The second-order valence-corrected chi connectivity index (χ2v) is 4.60. The van der Waals surface area contributed by atoms with Crippen LogP contribution in [0, 0.1) is 0 Å². The molecule has 0 fully saturated rings. The van der Waals surface area contributed by atoms with Gasteiger partial charge in [0.25, 0.3) is 0 Å². The first-order valence-corrected chi connectivity index (χ1v) is 5.19. The number of hydrogen-bond donors (Lipinski definition) is 1. The number of methoxy groups -OCH3 is 1. The van der Waals surface area contributed by atoms with Crippen LogP contribution in [0.2, 0.25) is 0 Å². The predicted molar refractivity (Wildman–Crippen MR) is 58.8 cm³/mol. The molecule has 0 bridgehead atoms. The Morgan fingerprint density at radius 2 is 2.20 bits per heavy atom. The third-order valence-electron chi connectivity index (χ3n) is 2.12. The van der Waals surface area contributed by atoms with Crippen LogP contribution < -0.4 is 5.32 Å². The van der Waals surface area contributed by atoms with Gasteiger partial charge in [0.1, 0.15) is 5.76 Å². The van der Waals surface area contributed by atoms with Gasteiger partial charge in [0.05, 0.1) is 12.8 Å². The van der Waals surface area contributed by atoms with Gasteiger partial charge in [-0.15, -0.1) is 0 Å². The van der Waals surface area contributed by atoms with Gasteiger partial charge in [-0.25, -0.2) is 0 Å². The Balaban J connectivity index is 2.51. The van der Waals surface area contributed by atoms with Crippen molar-refractivity contribution in [2.45, 2.75) is 32.7 Å². The van der Waals surface area contributed by atoms with Gasteiger partial charge < -0.3 is 14.6 Å². The molecular formula is C11H20N2O2. The van der Waals surface area contributed by atoms with E-state index in [0.29, 0.717) is 0 Å². The van der Waals surface area contributed by atoms with Crippen LogP contribution in [-0.4, -0.2) is 25.4 Å². The van der Waals surface area contributed by atoms with Crippen molar-refractivity contribution in [1.82, 2.24) is 10.5 Å². The second kappa shape index (κ2) is 5.28. The lowest BCUT2D eigenvalue weighted by molar-refractivity contribution is 0.199. The van der Waals surface area contributed by atoms with Gasteiger partial charge >= 0.3 is 0 Å². The van der Waals surface area contributed by atoms with Gasteiger partial charge in [0, 0.05) is 31.2 Å². The molecule has 0 aliphatic rings. The summed E-state index contributed by atoms with van der Waals surface area (Å²) >= 11 is 0. The van der Waals surface area contributed by atoms with Gasteiger partial charge in [-0.1, -0.05) is 25.9 Å². The molecule has 1 aromatic rings. The Bertz CT molecular complexity index is 289. The molecule has 15 heavy (non-hydrogen) atoms. The van der Waals surface area contributed by atoms with Crippen molar-refractivity contribution < 1.29 is 9.26 Å². The van der Waals surface area contributed by atoms with Crippen LogP contribution in [0.5, 0.6) is 0 Å². The predicted octanol–water partition coefficient (Wildman–Crippen LogP) is 1.71. The minimum absolute atomic E-state index is 0.00870.